The molecule has 0 bridgehead atoms. The van der Waals surface area contributed by atoms with Gasteiger partial charge in [-0.05, 0) is 28.1 Å². The highest BCUT2D eigenvalue weighted by atomic mass is 79.9. The molecule has 0 aromatic carbocycles. The zero-order chi connectivity index (χ0) is 7.40. The molecule has 1 rings (SSSR count). The molecule has 0 amide bonds. The van der Waals surface area contributed by atoms with Gasteiger partial charge >= 0.3 is 0 Å². The molecular weight excluding hydrogens is 214 g/mol. The summed E-state index contributed by atoms with van der Waals surface area (Å²) < 4.78 is 1.15. The van der Waals surface area contributed by atoms with Gasteiger partial charge in [0.05, 0.1) is 17.4 Å². The first-order valence-corrected chi connectivity index (χ1v) is 4.44. The van der Waals surface area contributed by atoms with Crippen LogP contribution in [-0.4, -0.2) is 7.11 Å². The molecular formula is C6H8BrNOS. The number of halogens is 1. The second kappa shape index (κ2) is 4.08. The predicted octanol–water partition coefficient (Wildman–Crippen LogP) is 2.16. The first kappa shape index (κ1) is 8.20. The number of nitrogens with one attached hydrogen (secondary N) is 1. The number of hydrogen-bond donors (Lipinski definition) is 1. The van der Waals surface area contributed by atoms with Gasteiger partial charge in [-0.2, -0.15) is 5.48 Å². The van der Waals surface area contributed by atoms with E-state index in [2.05, 4.69) is 27.5 Å². The highest BCUT2D eigenvalue weighted by Crippen LogP contribution is 2.21. The molecule has 0 spiro atoms. The molecule has 0 radical (unpaired) electrons. The third-order valence-corrected chi connectivity index (χ3v) is 2.64. The predicted molar refractivity (Wildman–Crippen MR) is 45.9 cm³/mol. The summed E-state index contributed by atoms with van der Waals surface area (Å²) in [5.41, 5.74) is 2.77. The number of thiophene rings is 1. The van der Waals surface area contributed by atoms with Crippen molar-refractivity contribution in [2.24, 2.45) is 0 Å². The minimum Gasteiger partial charge on any atom is -0.305 e. The Balaban J connectivity index is 2.42. The summed E-state index contributed by atoms with van der Waals surface area (Å²) in [5, 5.41) is 0. The summed E-state index contributed by atoms with van der Waals surface area (Å²) in [7, 11) is 1.61. The largest absolute Gasteiger partial charge is 0.305 e. The summed E-state index contributed by atoms with van der Waals surface area (Å²) in [5.74, 6) is 0. The van der Waals surface area contributed by atoms with Crippen molar-refractivity contribution >= 4 is 27.3 Å². The van der Waals surface area contributed by atoms with Gasteiger partial charge in [0, 0.05) is 4.88 Å². The Bertz CT molecular complexity index is 201. The van der Waals surface area contributed by atoms with Gasteiger partial charge in [-0.25, -0.2) is 0 Å². The molecule has 10 heavy (non-hydrogen) atoms. The minimum absolute atomic E-state index is 0.771. The standard InChI is InChI=1S/C6H8BrNOS/c1-9-8-4-5-2-3-6(7)10-5/h2-3,8H,4H2,1H3. The Morgan fingerprint density at radius 1 is 1.70 bits per heavy atom. The SMILES string of the molecule is CONCc1ccc(Br)s1. The first-order chi connectivity index (χ1) is 4.83. The molecule has 1 aromatic heterocycles. The van der Waals surface area contributed by atoms with Crippen LogP contribution in [0.25, 0.3) is 0 Å². The number of hydroxylamine groups is 1. The molecule has 0 unspecified atom stereocenters. The quantitative estimate of drug-likeness (QED) is 0.791. The van der Waals surface area contributed by atoms with Crippen LogP contribution < -0.4 is 5.48 Å². The van der Waals surface area contributed by atoms with E-state index >= 15 is 0 Å². The van der Waals surface area contributed by atoms with E-state index in [1.165, 1.54) is 4.88 Å². The molecule has 0 saturated heterocycles. The molecule has 1 aromatic rings. The lowest BCUT2D eigenvalue weighted by Crippen LogP contribution is -2.09. The highest BCUT2D eigenvalue weighted by Gasteiger charge is 1.94. The van der Waals surface area contributed by atoms with Gasteiger partial charge in [-0.1, -0.05) is 0 Å². The fraction of sp³-hybridized carbons (Fsp3) is 0.333. The second-order valence-electron chi connectivity index (χ2n) is 1.73. The maximum Gasteiger partial charge on any atom is 0.0701 e. The van der Waals surface area contributed by atoms with Crippen molar-refractivity contribution in [3.05, 3.63) is 20.8 Å². The molecule has 0 aliphatic carbocycles. The molecule has 0 atom stereocenters. The number of hydrogen-bond acceptors (Lipinski definition) is 3. The van der Waals surface area contributed by atoms with Crippen molar-refractivity contribution in [1.29, 1.82) is 0 Å². The van der Waals surface area contributed by atoms with E-state index in [0.717, 1.165) is 10.3 Å². The summed E-state index contributed by atoms with van der Waals surface area (Å²) in [6, 6.07) is 4.08. The number of rotatable bonds is 3. The summed E-state index contributed by atoms with van der Waals surface area (Å²) in [4.78, 5) is 5.95. The fourth-order valence-electron chi connectivity index (χ4n) is 0.590. The van der Waals surface area contributed by atoms with Crippen LogP contribution in [0.2, 0.25) is 0 Å². The monoisotopic (exact) mass is 221 g/mol. The van der Waals surface area contributed by atoms with E-state index in [-0.39, 0.29) is 0 Å². The van der Waals surface area contributed by atoms with E-state index in [9.17, 15) is 0 Å². The van der Waals surface area contributed by atoms with Gasteiger partial charge in [0.15, 0.2) is 0 Å². The molecule has 0 saturated carbocycles. The lowest BCUT2D eigenvalue weighted by molar-refractivity contribution is 0.0874. The van der Waals surface area contributed by atoms with E-state index in [1.807, 2.05) is 6.07 Å². The topological polar surface area (TPSA) is 21.3 Å². The van der Waals surface area contributed by atoms with Gasteiger partial charge in [0.2, 0.25) is 0 Å². The Hall–Kier alpha value is 0.1000. The van der Waals surface area contributed by atoms with Crippen LogP contribution >= 0.6 is 27.3 Å². The maximum atomic E-state index is 4.70. The Labute approximate surface area is 72.3 Å². The first-order valence-electron chi connectivity index (χ1n) is 2.83. The zero-order valence-electron chi connectivity index (χ0n) is 5.56. The Kier molecular flexibility index (Phi) is 3.34. The molecule has 0 fully saturated rings. The highest BCUT2D eigenvalue weighted by molar-refractivity contribution is 9.11. The van der Waals surface area contributed by atoms with E-state index in [4.69, 9.17) is 4.84 Å². The minimum atomic E-state index is 0.771. The van der Waals surface area contributed by atoms with Gasteiger partial charge in [-0.15, -0.1) is 11.3 Å². The van der Waals surface area contributed by atoms with Crippen LogP contribution in [0.5, 0.6) is 0 Å². The smallest absolute Gasteiger partial charge is 0.0701 e. The van der Waals surface area contributed by atoms with Crippen molar-refractivity contribution in [3.8, 4) is 0 Å². The molecule has 1 N–H and O–H groups in total. The summed E-state index contributed by atoms with van der Waals surface area (Å²) in [6.45, 7) is 0.771. The van der Waals surface area contributed by atoms with Crippen molar-refractivity contribution < 1.29 is 4.84 Å². The van der Waals surface area contributed by atoms with Crippen LogP contribution in [0.4, 0.5) is 0 Å². The molecule has 2 nitrogen and oxygen atoms in total. The second-order valence-corrected chi connectivity index (χ2v) is 4.28. The summed E-state index contributed by atoms with van der Waals surface area (Å²) >= 11 is 5.08. The van der Waals surface area contributed by atoms with Gasteiger partial charge in [-0.3, -0.25) is 0 Å². The summed E-state index contributed by atoms with van der Waals surface area (Å²) in [6.07, 6.45) is 0. The third kappa shape index (κ3) is 2.38. The van der Waals surface area contributed by atoms with Gasteiger partial charge in [0.25, 0.3) is 0 Å². The van der Waals surface area contributed by atoms with Gasteiger partial charge < -0.3 is 4.84 Å². The molecule has 1 heterocycles. The van der Waals surface area contributed by atoms with Crippen molar-refractivity contribution in [2.45, 2.75) is 6.54 Å². The fourth-order valence-corrected chi connectivity index (χ4v) is 2.00. The van der Waals surface area contributed by atoms with Crippen LogP contribution in [0.3, 0.4) is 0 Å². The third-order valence-electron chi connectivity index (χ3n) is 1.02. The molecule has 4 heteroatoms. The van der Waals surface area contributed by atoms with Crippen molar-refractivity contribution in [1.82, 2.24) is 5.48 Å². The van der Waals surface area contributed by atoms with Crippen LogP contribution in [0.1, 0.15) is 4.88 Å². The lowest BCUT2D eigenvalue weighted by Gasteiger charge is -1.95. The van der Waals surface area contributed by atoms with E-state index in [1.54, 1.807) is 18.4 Å². The van der Waals surface area contributed by atoms with Crippen LogP contribution in [-0.2, 0) is 11.4 Å². The molecule has 56 valence electrons. The van der Waals surface area contributed by atoms with Crippen LogP contribution in [0, 0.1) is 0 Å². The zero-order valence-corrected chi connectivity index (χ0v) is 7.96. The average Bonchev–Trinajstić information content (AvgIpc) is 2.31. The van der Waals surface area contributed by atoms with Gasteiger partial charge in [0.1, 0.15) is 0 Å². The van der Waals surface area contributed by atoms with Crippen molar-refractivity contribution in [3.63, 3.8) is 0 Å². The lowest BCUT2D eigenvalue weighted by atomic mass is 10.5. The average molecular weight is 222 g/mol. The normalized spacial score (nSPS) is 10.2. The molecule has 0 aliphatic rings. The Morgan fingerprint density at radius 2 is 2.50 bits per heavy atom. The van der Waals surface area contributed by atoms with E-state index < -0.39 is 0 Å². The van der Waals surface area contributed by atoms with Crippen LogP contribution in [0.15, 0.2) is 15.9 Å². The van der Waals surface area contributed by atoms with E-state index in [0.29, 0.717) is 0 Å². The Morgan fingerprint density at radius 3 is 3.00 bits per heavy atom. The van der Waals surface area contributed by atoms with Crippen molar-refractivity contribution in [2.75, 3.05) is 7.11 Å². The maximum absolute atomic E-state index is 4.70. The molecule has 0 aliphatic heterocycles.